The van der Waals surface area contributed by atoms with Crippen LogP contribution in [0.1, 0.15) is 16.3 Å². The van der Waals surface area contributed by atoms with Gasteiger partial charge in [-0.1, -0.05) is 0 Å². The topological polar surface area (TPSA) is 79.5 Å². The highest BCUT2D eigenvalue weighted by Crippen LogP contribution is 2.35. The molecule has 7 heteroatoms. The molecule has 23 heavy (non-hydrogen) atoms. The lowest BCUT2D eigenvalue weighted by atomic mass is 10.0. The third-order valence-electron chi connectivity index (χ3n) is 4.54. The quantitative estimate of drug-likeness (QED) is 0.830. The number of anilines is 1. The van der Waals surface area contributed by atoms with E-state index in [-0.39, 0.29) is 23.7 Å². The van der Waals surface area contributed by atoms with Crippen LogP contribution < -0.4 is 4.90 Å². The van der Waals surface area contributed by atoms with Gasteiger partial charge in [-0.05, 0) is 19.1 Å². The molecule has 118 valence electrons. The lowest BCUT2D eigenvalue weighted by Gasteiger charge is -2.20. The molecule has 4 heterocycles. The van der Waals surface area contributed by atoms with Gasteiger partial charge in [0.1, 0.15) is 12.1 Å². The van der Waals surface area contributed by atoms with E-state index < -0.39 is 0 Å². The number of amides is 2. The summed E-state index contributed by atoms with van der Waals surface area (Å²) >= 11 is 0. The summed E-state index contributed by atoms with van der Waals surface area (Å²) in [5.41, 5.74) is 0.714. The minimum absolute atomic E-state index is 0.0377. The fraction of sp³-hybridized carbons (Fsp3) is 0.375. The van der Waals surface area contributed by atoms with Gasteiger partial charge in [0.05, 0.1) is 24.0 Å². The number of fused-ring (bicyclic) bond motifs is 1. The molecule has 0 saturated carbocycles. The van der Waals surface area contributed by atoms with Crippen molar-refractivity contribution in [1.29, 1.82) is 0 Å². The number of hydrogen-bond donors (Lipinski definition) is 0. The van der Waals surface area contributed by atoms with Crippen LogP contribution in [0.15, 0.2) is 35.3 Å². The maximum absolute atomic E-state index is 12.6. The summed E-state index contributed by atoms with van der Waals surface area (Å²) in [7, 11) is 0. The molecule has 0 unspecified atom stereocenters. The molecular weight excluding hydrogens is 296 g/mol. The van der Waals surface area contributed by atoms with Crippen LogP contribution in [0, 0.1) is 18.8 Å². The molecule has 0 aromatic carbocycles. The fourth-order valence-corrected chi connectivity index (χ4v) is 3.40. The van der Waals surface area contributed by atoms with Crippen molar-refractivity contribution < 1.29 is 14.0 Å². The molecule has 2 aliphatic heterocycles. The normalized spacial score (nSPS) is 23.4. The third-order valence-corrected chi connectivity index (χ3v) is 4.54. The largest absolute Gasteiger partial charge is 0.456 e. The second kappa shape index (κ2) is 5.19. The Bertz CT molecular complexity index is 758. The summed E-state index contributed by atoms with van der Waals surface area (Å²) in [6.07, 6.45) is 4.72. The third kappa shape index (κ3) is 2.28. The van der Waals surface area contributed by atoms with E-state index in [0.29, 0.717) is 36.8 Å². The van der Waals surface area contributed by atoms with E-state index in [1.165, 1.54) is 6.33 Å². The number of likely N-dealkylation sites (tertiary alicyclic amines) is 1. The number of furan rings is 1. The summed E-state index contributed by atoms with van der Waals surface area (Å²) < 4.78 is 5.39. The number of nitrogens with zero attached hydrogens (tertiary/aromatic N) is 4. The summed E-state index contributed by atoms with van der Waals surface area (Å²) in [6.45, 7) is 3.40. The maximum Gasteiger partial charge on any atom is 0.289 e. The van der Waals surface area contributed by atoms with Gasteiger partial charge in [0.25, 0.3) is 5.91 Å². The van der Waals surface area contributed by atoms with Crippen LogP contribution >= 0.6 is 0 Å². The predicted octanol–water partition coefficient (Wildman–Crippen LogP) is 1.11. The first-order valence-corrected chi connectivity index (χ1v) is 7.55. The van der Waals surface area contributed by atoms with Gasteiger partial charge in [-0.2, -0.15) is 0 Å². The zero-order valence-corrected chi connectivity index (χ0v) is 12.7. The van der Waals surface area contributed by atoms with Gasteiger partial charge in [-0.25, -0.2) is 9.97 Å². The Morgan fingerprint density at radius 1 is 1.22 bits per heavy atom. The van der Waals surface area contributed by atoms with Crippen LogP contribution in [-0.4, -0.2) is 46.3 Å². The van der Waals surface area contributed by atoms with Crippen molar-refractivity contribution in [1.82, 2.24) is 14.9 Å². The van der Waals surface area contributed by atoms with E-state index in [1.807, 2.05) is 0 Å². The molecule has 0 bridgehead atoms. The van der Waals surface area contributed by atoms with Gasteiger partial charge < -0.3 is 14.2 Å². The van der Waals surface area contributed by atoms with Crippen molar-refractivity contribution in [3.63, 3.8) is 0 Å². The van der Waals surface area contributed by atoms with E-state index in [1.54, 1.807) is 41.2 Å². The minimum Gasteiger partial charge on any atom is -0.456 e. The molecule has 4 rings (SSSR count). The molecule has 2 saturated heterocycles. The average molecular weight is 312 g/mol. The molecule has 2 aliphatic rings. The number of carbonyl (C=O) groups excluding carboxylic acids is 2. The van der Waals surface area contributed by atoms with Crippen molar-refractivity contribution in [2.45, 2.75) is 6.92 Å². The number of aryl methyl sites for hydroxylation is 1. The van der Waals surface area contributed by atoms with E-state index >= 15 is 0 Å². The first-order chi connectivity index (χ1) is 11.1. The van der Waals surface area contributed by atoms with Crippen molar-refractivity contribution in [2.24, 2.45) is 11.8 Å². The average Bonchev–Trinajstić information content (AvgIpc) is 3.24. The zero-order chi connectivity index (χ0) is 16.0. The van der Waals surface area contributed by atoms with Crippen LogP contribution in [0.3, 0.4) is 0 Å². The van der Waals surface area contributed by atoms with E-state index in [0.717, 1.165) is 0 Å². The smallest absolute Gasteiger partial charge is 0.289 e. The van der Waals surface area contributed by atoms with E-state index in [9.17, 15) is 9.59 Å². The molecule has 2 fully saturated rings. The van der Waals surface area contributed by atoms with Crippen molar-refractivity contribution in [3.8, 4) is 0 Å². The molecule has 7 nitrogen and oxygen atoms in total. The maximum atomic E-state index is 12.6. The SMILES string of the molecule is Cc1ccc(C(=O)N2C[C@@H]3CN(c4cncnc4)C(=O)[C@@H]3C2)o1. The van der Waals surface area contributed by atoms with Gasteiger partial charge in [0.2, 0.25) is 5.91 Å². The Morgan fingerprint density at radius 3 is 2.65 bits per heavy atom. The summed E-state index contributed by atoms with van der Waals surface area (Å²) in [5.74, 6) is 0.922. The van der Waals surface area contributed by atoms with Gasteiger partial charge >= 0.3 is 0 Å². The highest BCUT2D eigenvalue weighted by molar-refractivity contribution is 5.99. The van der Waals surface area contributed by atoms with Crippen molar-refractivity contribution >= 4 is 17.5 Å². The molecule has 2 atom stereocenters. The molecule has 0 N–H and O–H groups in total. The Kier molecular flexibility index (Phi) is 3.14. The van der Waals surface area contributed by atoms with Crippen molar-refractivity contribution in [3.05, 3.63) is 42.4 Å². The molecule has 0 spiro atoms. The van der Waals surface area contributed by atoms with Gasteiger partial charge in [0, 0.05) is 25.6 Å². The Balaban J connectivity index is 1.49. The molecule has 0 radical (unpaired) electrons. The van der Waals surface area contributed by atoms with Crippen LogP contribution in [0.5, 0.6) is 0 Å². The van der Waals surface area contributed by atoms with Gasteiger partial charge in [0.15, 0.2) is 5.76 Å². The molecule has 0 aliphatic carbocycles. The fourth-order valence-electron chi connectivity index (χ4n) is 3.40. The van der Waals surface area contributed by atoms with Crippen LogP contribution in [0.4, 0.5) is 5.69 Å². The molecule has 2 amide bonds. The van der Waals surface area contributed by atoms with E-state index in [4.69, 9.17) is 4.42 Å². The van der Waals surface area contributed by atoms with E-state index in [2.05, 4.69) is 9.97 Å². The monoisotopic (exact) mass is 312 g/mol. The Hall–Kier alpha value is -2.70. The summed E-state index contributed by atoms with van der Waals surface area (Å²) in [5, 5.41) is 0. The highest BCUT2D eigenvalue weighted by Gasteiger charge is 2.48. The molecule has 2 aromatic rings. The second-order valence-corrected chi connectivity index (χ2v) is 6.03. The summed E-state index contributed by atoms with van der Waals surface area (Å²) in [6, 6.07) is 3.45. The predicted molar refractivity (Wildman–Crippen MR) is 80.7 cm³/mol. The Labute approximate surface area is 132 Å². The second-order valence-electron chi connectivity index (χ2n) is 6.03. The van der Waals surface area contributed by atoms with Gasteiger partial charge in [-0.3, -0.25) is 9.59 Å². The minimum atomic E-state index is -0.157. The van der Waals surface area contributed by atoms with Crippen LogP contribution in [-0.2, 0) is 4.79 Å². The molecular formula is C16H16N4O3. The summed E-state index contributed by atoms with van der Waals surface area (Å²) in [4.78, 5) is 36.4. The molecule has 2 aromatic heterocycles. The Morgan fingerprint density at radius 2 is 2.00 bits per heavy atom. The number of rotatable bonds is 2. The van der Waals surface area contributed by atoms with Crippen LogP contribution in [0.25, 0.3) is 0 Å². The lowest BCUT2D eigenvalue weighted by molar-refractivity contribution is -0.120. The zero-order valence-electron chi connectivity index (χ0n) is 12.7. The number of hydrogen-bond acceptors (Lipinski definition) is 5. The van der Waals surface area contributed by atoms with Crippen molar-refractivity contribution in [2.75, 3.05) is 24.5 Å². The lowest BCUT2D eigenvalue weighted by Crippen LogP contribution is -2.35. The highest BCUT2D eigenvalue weighted by atomic mass is 16.3. The van der Waals surface area contributed by atoms with Gasteiger partial charge in [-0.15, -0.1) is 0 Å². The standard InChI is InChI=1S/C16H16N4O3/c1-10-2-3-14(23-10)16(22)19-6-11-7-20(15(21)13(11)8-19)12-4-17-9-18-5-12/h2-5,9,11,13H,6-8H2,1H3/t11-,13-/m1/s1. The first kappa shape index (κ1) is 13.9. The van der Waals surface area contributed by atoms with Crippen LogP contribution in [0.2, 0.25) is 0 Å². The number of aromatic nitrogens is 2. The number of carbonyl (C=O) groups is 2. The first-order valence-electron chi connectivity index (χ1n) is 7.55.